The van der Waals surface area contributed by atoms with Gasteiger partial charge in [-0.2, -0.15) is 0 Å². The second-order valence-corrected chi connectivity index (χ2v) is 7.01. The zero-order valence-electron chi connectivity index (χ0n) is 12.8. The molecule has 22 heavy (non-hydrogen) atoms. The molecule has 0 spiro atoms. The highest BCUT2D eigenvalue weighted by molar-refractivity contribution is 7.11. The van der Waals surface area contributed by atoms with Gasteiger partial charge in [-0.05, 0) is 25.3 Å². The second kappa shape index (κ2) is 6.92. The van der Waals surface area contributed by atoms with Crippen molar-refractivity contribution in [3.63, 3.8) is 0 Å². The van der Waals surface area contributed by atoms with E-state index in [1.54, 1.807) is 11.3 Å². The number of carbonyl (C=O) groups is 1. The van der Waals surface area contributed by atoms with Crippen molar-refractivity contribution < 1.29 is 4.79 Å². The second-order valence-electron chi connectivity index (χ2n) is 5.69. The first kappa shape index (κ1) is 15.0. The Morgan fingerprint density at radius 1 is 1.36 bits per heavy atom. The van der Waals surface area contributed by atoms with Gasteiger partial charge < -0.3 is 10.2 Å². The molecule has 0 atom stereocenters. The third-order valence-corrected chi connectivity index (χ3v) is 4.70. The van der Waals surface area contributed by atoms with Gasteiger partial charge in [0.25, 0.3) is 0 Å². The lowest BCUT2D eigenvalue weighted by Gasteiger charge is -2.23. The Kier molecular flexibility index (Phi) is 4.73. The lowest BCUT2D eigenvalue weighted by atomic mass is 10.2. The predicted octanol–water partition coefficient (Wildman–Crippen LogP) is 3.37. The Bertz CT molecular complexity index is 622. The molecule has 2 amide bonds. The third-order valence-electron chi connectivity index (χ3n) is 3.73. The maximum Gasteiger partial charge on any atom is 0.317 e. The van der Waals surface area contributed by atoms with Gasteiger partial charge in [0.05, 0.1) is 5.01 Å². The number of aromatic nitrogens is 1. The number of amides is 2. The summed E-state index contributed by atoms with van der Waals surface area (Å²) in [5.74, 6) is 0. The summed E-state index contributed by atoms with van der Waals surface area (Å²) >= 11 is 1.69. The fourth-order valence-corrected chi connectivity index (χ4v) is 3.21. The lowest BCUT2D eigenvalue weighted by molar-refractivity contribution is 0.192. The van der Waals surface area contributed by atoms with Crippen molar-refractivity contribution in [2.45, 2.75) is 38.8 Å². The van der Waals surface area contributed by atoms with Crippen LogP contribution in [0.1, 0.15) is 28.3 Å². The van der Waals surface area contributed by atoms with Gasteiger partial charge in [-0.1, -0.05) is 30.3 Å². The van der Waals surface area contributed by atoms with E-state index >= 15 is 0 Å². The molecule has 3 rings (SSSR count). The summed E-state index contributed by atoms with van der Waals surface area (Å²) in [6.45, 7) is 3.38. The van der Waals surface area contributed by atoms with E-state index in [-0.39, 0.29) is 6.03 Å². The number of urea groups is 1. The maximum absolute atomic E-state index is 12.4. The molecule has 1 aromatic heterocycles. The summed E-state index contributed by atoms with van der Waals surface area (Å²) in [5.41, 5.74) is 1.18. The molecule has 0 saturated heterocycles. The molecule has 1 aromatic carbocycles. The summed E-state index contributed by atoms with van der Waals surface area (Å²) in [6, 6.07) is 10.6. The van der Waals surface area contributed by atoms with Crippen molar-refractivity contribution in [3.05, 3.63) is 52.0 Å². The van der Waals surface area contributed by atoms with Crippen molar-refractivity contribution in [3.8, 4) is 0 Å². The van der Waals surface area contributed by atoms with Crippen LogP contribution in [-0.4, -0.2) is 28.5 Å². The maximum atomic E-state index is 12.4. The number of hydrogen-bond acceptors (Lipinski definition) is 3. The van der Waals surface area contributed by atoms with Gasteiger partial charge in [-0.15, -0.1) is 11.3 Å². The number of rotatable bonds is 6. The molecule has 0 unspecified atom stereocenters. The molecular formula is C17H21N3OS. The summed E-state index contributed by atoms with van der Waals surface area (Å²) in [7, 11) is 0. The van der Waals surface area contributed by atoms with Gasteiger partial charge in [-0.25, -0.2) is 9.78 Å². The van der Waals surface area contributed by atoms with Crippen LogP contribution in [0.5, 0.6) is 0 Å². The average Bonchev–Trinajstić information content (AvgIpc) is 3.28. The highest BCUT2D eigenvalue weighted by Crippen LogP contribution is 2.28. The number of thiazole rings is 1. The van der Waals surface area contributed by atoms with Gasteiger partial charge in [0, 0.05) is 36.6 Å². The number of aryl methyl sites for hydroxylation is 1. The first-order valence-electron chi connectivity index (χ1n) is 7.72. The molecule has 1 fully saturated rings. The fourth-order valence-electron chi connectivity index (χ4n) is 2.43. The van der Waals surface area contributed by atoms with Gasteiger partial charge in [0.1, 0.15) is 0 Å². The zero-order chi connectivity index (χ0) is 15.4. The van der Waals surface area contributed by atoms with E-state index in [0.717, 1.165) is 24.3 Å². The van der Waals surface area contributed by atoms with Crippen LogP contribution >= 0.6 is 11.3 Å². The van der Waals surface area contributed by atoms with Crippen molar-refractivity contribution in [1.29, 1.82) is 0 Å². The first-order valence-corrected chi connectivity index (χ1v) is 8.54. The average molecular weight is 315 g/mol. The smallest absolute Gasteiger partial charge is 0.317 e. The number of carbonyl (C=O) groups excluding carboxylic acids is 1. The zero-order valence-corrected chi connectivity index (χ0v) is 13.6. The Morgan fingerprint density at radius 2 is 2.14 bits per heavy atom. The Labute approximate surface area is 135 Å². The van der Waals surface area contributed by atoms with Gasteiger partial charge >= 0.3 is 6.03 Å². The number of nitrogens with one attached hydrogen (secondary N) is 1. The molecular weight excluding hydrogens is 294 g/mol. The summed E-state index contributed by atoms with van der Waals surface area (Å²) in [6.07, 6.45) is 4.92. The van der Waals surface area contributed by atoms with Crippen molar-refractivity contribution in [2.75, 3.05) is 6.54 Å². The van der Waals surface area contributed by atoms with E-state index in [0.29, 0.717) is 19.1 Å². The summed E-state index contributed by atoms with van der Waals surface area (Å²) < 4.78 is 0. The minimum atomic E-state index is 0.0413. The van der Waals surface area contributed by atoms with Crippen molar-refractivity contribution in [2.24, 2.45) is 0 Å². The molecule has 0 bridgehead atoms. The van der Waals surface area contributed by atoms with Gasteiger partial charge in [-0.3, -0.25) is 0 Å². The largest absolute Gasteiger partial charge is 0.338 e. The molecule has 5 heteroatoms. The molecule has 1 N–H and O–H groups in total. The van der Waals surface area contributed by atoms with Crippen LogP contribution in [0.3, 0.4) is 0 Å². The van der Waals surface area contributed by atoms with E-state index in [1.165, 1.54) is 10.4 Å². The highest BCUT2D eigenvalue weighted by Gasteiger charge is 2.32. The highest BCUT2D eigenvalue weighted by atomic mass is 32.1. The van der Waals surface area contributed by atoms with Gasteiger partial charge in [0.2, 0.25) is 0 Å². The van der Waals surface area contributed by atoms with Crippen LogP contribution in [0.15, 0.2) is 36.5 Å². The van der Waals surface area contributed by atoms with Crippen LogP contribution in [-0.2, 0) is 13.0 Å². The van der Waals surface area contributed by atoms with Crippen LogP contribution in [0.4, 0.5) is 4.79 Å². The van der Waals surface area contributed by atoms with Crippen LogP contribution in [0.2, 0.25) is 0 Å². The number of benzene rings is 1. The Morgan fingerprint density at radius 3 is 2.77 bits per heavy atom. The van der Waals surface area contributed by atoms with E-state index < -0.39 is 0 Å². The molecule has 1 heterocycles. The molecule has 1 saturated carbocycles. The molecule has 0 radical (unpaired) electrons. The molecule has 2 aromatic rings. The molecule has 1 aliphatic carbocycles. The normalized spacial score (nSPS) is 13.9. The number of hydrogen-bond donors (Lipinski definition) is 1. The quantitative estimate of drug-likeness (QED) is 0.888. The fraction of sp³-hybridized carbons (Fsp3) is 0.412. The van der Waals surface area contributed by atoms with Crippen LogP contribution in [0, 0.1) is 6.92 Å². The van der Waals surface area contributed by atoms with E-state index in [9.17, 15) is 4.79 Å². The predicted molar refractivity (Wildman–Crippen MR) is 89.0 cm³/mol. The summed E-state index contributed by atoms with van der Waals surface area (Å²) in [4.78, 5) is 19.9. The van der Waals surface area contributed by atoms with Crippen molar-refractivity contribution in [1.82, 2.24) is 15.2 Å². The Hall–Kier alpha value is -1.88. The van der Waals surface area contributed by atoms with Crippen molar-refractivity contribution >= 4 is 17.4 Å². The minimum Gasteiger partial charge on any atom is -0.338 e. The lowest BCUT2D eigenvalue weighted by Crippen LogP contribution is -2.41. The Balaban J connectivity index is 1.52. The van der Waals surface area contributed by atoms with E-state index in [4.69, 9.17) is 0 Å². The van der Waals surface area contributed by atoms with Gasteiger partial charge in [0.15, 0.2) is 0 Å². The summed E-state index contributed by atoms with van der Waals surface area (Å²) in [5, 5.41) is 4.12. The van der Waals surface area contributed by atoms with E-state index in [2.05, 4.69) is 29.4 Å². The van der Waals surface area contributed by atoms with Crippen LogP contribution < -0.4 is 5.32 Å². The van der Waals surface area contributed by atoms with E-state index in [1.807, 2.05) is 29.3 Å². The third kappa shape index (κ3) is 4.07. The minimum absolute atomic E-state index is 0.0413. The monoisotopic (exact) mass is 315 g/mol. The molecule has 4 nitrogen and oxygen atoms in total. The molecule has 1 aliphatic rings. The topological polar surface area (TPSA) is 45.2 Å². The standard InChI is InChI=1S/C17H21N3OS/c1-13-11-19-16(22-13)9-10-18-17(21)20(15-7-8-15)12-14-5-3-2-4-6-14/h2-6,11,15H,7-10,12H2,1H3,(H,18,21). The molecule has 0 aliphatic heterocycles. The number of nitrogens with zero attached hydrogens (tertiary/aromatic N) is 2. The first-order chi connectivity index (χ1) is 10.7. The molecule has 116 valence electrons. The van der Waals surface area contributed by atoms with Crippen LogP contribution in [0.25, 0.3) is 0 Å². The SMILES string of the molecule is Cc1cnc(CCNC(=O)N(Cc2ccccc2)C2CC2)s1.